The molecular formula is C16H15N3O. The molecule has 4 N–H and O–H groups in total. The molecule has 0 aliphatic carbocycles. The summed E-state index contributed by atoms with van der Waals surface area (Å²) in [5, 5.41) is 6.00. The van der Waals surface area contributed by atoms with Gasteiger partial charge >= 0.3 is 0 Å². The zero-order valence-electron chi connectivity index (χ0n) is 11.1. The number of hydrogen-bond acceptors (Lipinski definition) is 3. The maximum absolute atomic E-state index is 12.0. The van der Waals surface area contributed by atoms with Gasteiger partial charge in [0.2, 0.25) is 0 Å². The molecule has 0 bridgehead atoms. The number of fused-ring (bicyclic) bond motifs is 1. The number of nitrogen functional groups attached to an aromatic ring is 1. The number of aryl methyl sites for hydroxylation is 1. The van der Waals surface area contributed by atoms with E-state index in [2.05, 4.69) is 10.6 Å². The summed E-state index contributed by atoms with van der Waals surface area (Å²) >= 11 is 0. The van der Waals surface area contributed by atoms with Crippen molar-refractivity contribution in [3.05, 3.63) is 59.8 Å². The smallest absolute Gasteiger partial charge is 0.257 e. The maximum Gasteiger partial charge on any atom is 0.257 e. The Hall–Kier alpha value is -2.75. The molecule has 1 heterocycles. The summed E-state index contributed by atoms with van der Waals surface area (Å²) in [6, 6.07) is 13.2. The lowest BCUT2D eigenvalue weighted by Crippen LogP contribution is -2.05. The summed E-state index contributed by atoms with van der Waals surface area (Å²) in [5.41, 5.74) is 10.8. The van der Waals surface area contributed by atoms with Crippen LogP contribution in [-0.2, 0) is 4.79 Å². The van der Waals surface area contributed by atoms with Crippen LogP contribution in [0.2, 0.25) is 0 Å². The van der Waals surface area contributed by atoms with E-state index in [1.165, 1.54) is 0 Å². The maximum atomic E-state index is 12.0. The minimum Gasteiger partial charge on any atom is -0.399 e. The Balaban J connectivity index is 1.93. The second-order valence-electron chi connectivity index (χ2n) is 4.78. The largest absolute Gasteiger partial charge is 0.399 e. The molecule has 1 aliphatic heterocycles. The van der Waals surface area contributed by atoms with Crippen LogP contribution in [0.15, 0.2) is 48.7 Å². The van der Waals surface area contributed by atoms with Gasteiger partial charge in [0.15, 0.2) is 0 Å². The number of benzene rings is 2. The molecule has 100 valence electrons. The number of nitrogens with one attached hydrogen (secondary N) is 2. The Labute approximate surface area is 117 Å². The van der Waals surface area contributed by atoms with E-state index >= 15 is 0 Å². The van der Waals surface area contributed by atoms with Gasteiger partial charge < -0.3 is 16.4 Å². The molecule has 0 aromatic heterocycles. The molecule has 3 rings (SSSR count). The molecule has 0 spiro atoms. The van der Waals surface area contributed by atoms with Crippen LogP contribution in [0.1, 0.15) is 11.1 Å². The van der Waals surface area contributed by atoms with E-state index in [-0.39, 0.29) is 5.91 Å². The highest BCUT2D eigenvalue weighted by Crippen LogP contribution is 2.34. The van der Waals surface area contributed by atoms with Crippen LogP contribution in [0, 0.1) is 6.92 Å². The van der Waals surface area contributed by atoms with E-state index in [1.807, 2.05) is 49.4 Å². The molecule has 0 unspecified atom stereocenters. The van der Waals surface area contributed by atoms with E-state index in [9.17, 15) is 4.79 Å². The van der Waals surface area contributed by atoms with Gasteiger partial charge in [-0.15, -0.1) is 0 Å². The van der Waals surface area contributed by atoms with Crippen LogP contribution in [0.3, 0.4) is 0 Å². The fraction of sp³-hybridized carbons (Fsp3) is 0.0625. The van der Waals surface area contributed by atoms with Gasteiger partial charge in [0.1, 0.15) is 0 Å². The highest BCUT2D eigenvalue weighted by molar-refractivity contribution is 6.32. The van der Waals surface area contributed by atoms with Crippen LogP contribution in [-0.4, -0.2) is 5.91 Å². The van der Waals surface area contributed by atoms with Gasteiger partial charge in [-0.3, -0.25) is 4.79 Å². The Morgan fingerprint density at radius 3 is 2.65 bits per heavy atom. The third kappa shape index (κ3) is 2.12. The van der Waals surface area contributed by atoms with Crippen molar-refractivity contribution < 1.29 is 4.79 Å². The molecule has 2 aromatic carbocycles. The summed E-state index contributed by atoms with van der Waals surface area (Å²) in [6.07, 6.45) is 1.74. The van der Waals surface area contributed by atoms with Gasteiger partial charge in [0.05, 0.1) is 5.57 Å². The lowest BCUT2D eigenvalue weighted by Gasteiger charge is -2.05. The Bertz CT molecular complexity index is 702. The Morgan fingerprint density at radius 1 is 1.15 bits per heavy atom. The van der Waals surface area contributed by atoms with Crippen LogP contribution in [0.25, 0.3) is 5.57 Å². The van der Waals surface area contributed by atoms with Gasteiger partial charge in [-0.1, -0.05) is 12.1 Å². The summed E-state index contributed by atoms with van der Waals surface area (Å²) < 4.78 is 0. The van der Waals surface area contributed by atoms with Crippen molar-refractivity contribution in [3.63, 3.8) is 0 Å². The van der Waals surface area contributed by atoms with Crippen LogP contribution < -0.4 is 16.4 Å². The summed E-state index contributed by atoms with van der Waals surface area (Å²) in [5.74, 6) is -0.0859. The normalized spacial score (nSPS) is 15.1. The minimum absolute atomic E-state index is 0.0859. The van der Waals surface area contributed by atoms with E-state index in [1.54, 1.807) is 6.20 Å². The second kappa shape index (κ2) is 4.74. The first-order valence-electron chi connectivity index (χ1n) is 6.39. The number of amides is 1. The topological polar surface area (TPSA) is 67.1 Å². The van der Waals surface area contributed by atoms with Crippen molar-refractivity contribution in [1.29, 1.82) is 0 Å². The zero-order chi connectivity index (χ0) is 14.1. The van der Waals surface area contributed by atoms with Gasteiger partial charge in [0, 0.05) is 28.8 Å². The molecule has 2 aromatic rings. The van der Waals surface area contributed by atoms with Crippen molar-refractivity contribution in [3.8, 4) is 0 Å². The molecule has 4 nitrogen and oxygen atoms in total. The van der Waals surface area contributed by atoms with Crippen molar-refractivity contribution in [2.24, 2.45) is 0 Å². The fourth-order valence-corrected chi connectivity index (χ4v) is 2.31. The van der Waals surface area contributed by atoms with Crippen LogP contribution >= 0.6 is 0 Å². The molecule has 0 atom stereocenters. The molecular weight excluding hydrogens is 250 g/mol. The number of hydrogen-bond donors (Lipinski definition) is 3. The lowest BCUT2D eigenvalue weighted by atomic mass is 10.0. The predicted octanol–water partition coefficient (Wildman–Crippen LogP) is 2.98. The first-order chi connectivity index (χ1) is 9.65. The number of rotatable bonds is 2. The standard InChI is InChI=1S/C16H15N3O/c1-10-3-2-4-14-15(10)13(16(20)19-14)9-18-12-7-5-11(17)6-8-12/h2-9,18H,17H2,1H3,(H,19,20)/b13-9+. The van der Waals surface area contributed by atoms with Crippen molar-refractivity contribution in [2.45, 2.75) is 6.92 Å². The molecule has 0 saturated heterocycles. The highest BCUT2D eigenvalue weighted by atomic mass is 16.2. The quantitative estimate of drug-likeness (QED) is 0.577. The molecule has 0 saturated carbocycles. The number of carbonyl (C=O) groups is 1. The monoisotopic (exact) mass is 265 g/mol. The second-order valence-corrected chi connectivity index (χ2v) is 4.78. The average molecular weight is 265 g/mol. The number of carbonyl (C=O) groups excluding carboxylic acids is 1. The van der Waals surface area contributed by atoms with E-state index in [0.29, 0.717) is 11.3 Å². The first kappa shape index (κ1) is 12.3. The Kier molecular flexibility index (Phi) is 2.91. The third-order valence-electron chi connectivity index (χ3n) is 3.33. The Morgan fingerprint density at radius 2 is 1.90 bits per heavy atom. The summed E-state index contributed by atoms with van der Waals surface area (Å²) in [4.78, 5) is 12.0. The number of anilines is 3. The molecule has 0 fully saturated rings. The molecule has 0 radical (unpaired) electrons. The molecule has 1 aliphatic rings. The summed E-state index contributed by atoms with van der Waals surface area (Å²) in [6.45, 7) is 2.00. The van der Waals surface area contributed by atoms with E-state index < -0.39 is 0 Å². The van der Waals surface area contributed by atoms with Gasteiger partial charge in [-0.2, -0.15) is 0 Å². The van der Waals surface area contributed by atoms with Crippen LogP contribution in [0.4, 0.5) is 17.1 Å². The van der Waals surface area contributed by atoms with Crippen molar-refractivity contribution in [2.75, 3.05) is 16.4 Å². The van der Waals surface area contributed by atoms with Crippen molar-refractivity contribution in [1.82, 2.24) is 0 Å². The van der Waals surface area contributed by atoms with E-state index in [0.717, 1.165) is 22.5 Å². The van der Waals surface area contributed by atoms with E-state index in [4.69, 9.17) is 5.73 Å². The first-order valence-corrected chi connectivity index (χ1v) is 6.39. The summed E-state index contributed by atoms with van der Waals surface area (Å²) in [7, 11) is 0. The SMILES string of the molecule is Cc1cccc2c1/C(=C\Nc1ccc(N)cc1)C(=O)N2. The zero-order valence-corrected chi connectivity index (χ0v) is 11.1. The number of nitrogens with two attached hydrogens (primary N) is 1. The fourth-order valence-electron chi connectivity index (χ4n) is 2.31. The molecule has 1 amide bonds. The van der Waals surface area contributed by atoms with Gasteiger partial charge in [0.25, 0.3) is 5.91 Å². The van der Waals surface area contributed by atoms with Gasteiger partial charge in [-0.05, 0) is 42.8 Å². The lowest BCUT2D eigenvalue weighted by molar-refractivity contribution is -0.110. The molecule has 4 heteroatoms. The highest BCUT2D eigenvalue weighted by Gasteiger charge is 2.25. The molecule has 20 heavy (non-hydrogen) atoms. The predicted molar refractivity (Wildman–Crippen MR) is 82.3 cm³/mol. The van der Waals surface area contributed by atoms with Crippen molar-refractivity contribution >= 4 is 28.5 Å². The van der Waals surface area contributed by atoms with Crippen LogP contribution in [0.5, 0.6) is 0 Å². The average Bonchev–Trinajstić information content (AvgIpc) is 2.75. The van der Waals surface area contributed by atoms with Gasteiger partial charge in [-0.25, -0.2) is 0 Å². The third-order valence-corrected chi connectivity index (χ3v) is 3.33. The minimum atomic E-state index is -0.0859.